The molecule has 0 bridgehead atoms. The highest BCUT2D eigenvalue weighted by molar-refractivity contribution is 6.83. The molecule has 0 aliphatic rings. The third-order valence-corrected chi connectivity index (χ3v) is 4.80. The number of aryl methyl sites for hydroxylation is 2. The maximum Gasteiger partial charge on any atom is 0.129 e. The maximum atomic E-state index is 9.72. The lowest BCUT2D eigenvalue weighted by atomic mass is 10.1. The standard InChI is InChI=1S/C14H20OSi.C11H12O/c1-16(2,3)12-11-14(15)10-9-13-7-5-4-6-8-13;1-2-11(12)9-8-10-6-4-3-5-7-10/h4-8,14-15H,9-10H2,1-3H3;1,3-7,11-12H,8-9H2/t14-;11-/m01/s1. The molecule has 2 aromatic carbocycles. The summed E-state index contributed by atoms with van der Waals surface area (Å²) in [4.78, 5) is 0. The van der Waals surface area contributed by atoms with E-state index in [0.29, 0.717) is 6.42 Å². The highest BCUT2D eigenvalue weighted by atomic mass is 28.3. The van der Waals surface area contributed by atoms with Crippen molar-refractivity contribution in [2.45, 2.75) is 57.5 Å². The summed E-state index contributed by atoms with van der Waals surface area (Å²) >= 11 is 0. The first-order valence-electron chi connectivity index (χ1n) is 9.73. The molecular formula is C25H32O2Si. The van der Waals surface area contributed by atoms with E-state index in [1.54, 1.807) is 0 Å². The number of hydrogen-bond donors (Lipinski definition) is 2. The Labute approximate surface area is 171 Å². The summed E-state index contributed by atoms with van der Waals surface area (Å²) < 4.78 is 0. The first kappa shape index (κ1) is 23.7. The van der Waals surface area contributed by atoms with Gasteiger partial charge in [0.2, 0.25) is 0 Å². The molecule has 2 N–H and O–H groups in total. The van der Waals surface area contributed by atoms with Crippen molar-refractivity contribution < 1.29 is 10.2 Å². The monoisotopic (exact) mass is 392 g/mol. The van der Waals surface area contributed by atoms with Gasteiger partial charge in [-0.05, 0) is 36.8 Å². The fourth-order valence-electron chi connectivity index (χ4n) is 2.35. The van der Waals surface area contributed by atoms with Crippen LogP contribution in [0.15, 0.2) is 60.7 Å². The van der Waals surface area contributed by atoms with E-state index >= 15 is 0 Å². The number of aliphatic hydroxyl groups excluding tert-OH is 2. The minimum Gasteiger partial charge on any atom is -0.380 e. The number of hydrogen-bond acceptors (Lipinski definition) is 2. The van der Waals surface area contributed by atoms with Gasteiger partial charge in [0.05, 0.1) is 0 Å². The van der Waals surface area contributed by atoms with Gasteiger partial charge in [-0.3, -0.25) is 0 Å². The number of rotatable bonds is 6. The molecular weight excluding hydrogens is 360 g/mol. The van der Waals surface area contributed by atoms with Gasteiger partial charge in [0.15, 0.2) is 0 Å². The molecule has 0 unspecified atom stereocenters. The molecule has 2 nitrogen and oxygen atoms in total. The van der Waals surface area contributed by atoms with Crippen molar-refractivity contribution in [1.82, 2.24) is 0 Å². The Bertz CT molecular complexity index is 761. The second-order valence-electron chi connectivity index (χ2n) is 7.77. The summed E-state index contributed by atoms with van der Waals surface area (Å²) in [5, 5.41) is 18.8. The van der Waals surface area contributed by atoms with Crippen LogP contribution in [0.5, 0.6) is 0 Å². The Morgan fingerprint density at radius 1 is 0.786 bits per heavy atom. The second-order valence-corrected chi connectivity index (χ2v) is 12.5. The van der Waals surface area contributed by atoms with Crippen LogP contribution in [-0.2, 0) is 12.8 Å². The van der Waals surface area contributed by atoms with E-state index in [-0.39, 0.29) is 0 Å². The Balaban J connectivity index is 0.000000292. The van der Waals surface area contributed by atoms with Crippen LogP contribution in [0.25, 0.3) is 0 Å². The fourth-order valence-corrected chi connectivity index (χ4v) is 2.95. The lowest BCUT2D eigenvalue weighted by molar-refractivity contribution is 0.222. The van der Waals surface area contributed by atoms with E-state index < -0.39 is 20.3 Å². The highest BCUT2D eigenvalue weighted by Gasteiger charge is 2.08. The van der Waals surface area contributed by atoms with Crippen LogP contribution in [0.3, 0.4) is 0 Å². The van der Waals surface area contributed by atoms with Crippen LogP contribution in [0.1, 0.15) is 24.0 Å². The van der Waals surface area contributed by atoms with E-state index in [2.05, 4.69) is 49.2 Å². The lowest BCUT2D eigenvalue weighted by Gasteiger charge is -2.07. The third-order valence-electron chi connectivity index (χ3n) is 3.90. The number of benzene rings is 2. The number of terminal acetylenes is 1. The SMILES string of the molecule is C#C[C@@H](O)CCc1ccccc1.C[Si](C)(C)C#C[C@@H](O)CCc1ccccc1. The Morgan fingerprint density at radius 2 is 1.21 bits per heavy atom. The first-order chi connectivity index (χ1) is 13.3. The van der Waals surface area contributed by atoms with Crippen molar-refractivity contribution in [2.24, 2.45) is 0 Å². The van der Waals surface area contributed by atoms with E-state index in [1.165, 1.54) is 11.1 Å². The van der Waals surface area contributed by atoms with Crippen molar-refractivity contribution in [3.63, 3.8) is 0 Å². The molecule has 0 fully saturated rings. The number of aliphatic hydroxyl groups is 2. The first-order valence-corrected chi connectivity index (χ1v) is 13.2. The molecule has 0 amide bonds. The van der Waals surface area contributed by atoms with Gasteiger partial charge in [-0.25, -0.2) is 0 Å². The van der Waals surface area contributed by atoms with Gasteiger partial charge in [0.25, 0.3) is 0 Å². The average molecular weight is 393 g/mol. The van der Waals surface area contributed by atoms with E-state index in [9.17, 15) is 5.11 Å². The molecule has 0 aliphatic heterocycles. The van der Waals surface area contributed by atoms with E-state index in [4.69, 9.17) is 11.5 Å². The molecule has 2 aromatic rings. The molecule has 148 valence electrons. The minimum atomic E-state index is -1.35. The smallest absolute Gasteiger partial charge is 0.129 e. The zero-order valence-corrected chi connectivity index (χ0v) is 18.2. The van der Waals surface area contributed by atoms with Gasteiger partial charge in [0.1, 0.15) is 20.3 Å². The molecule has 0 heterocycles. The molecule has 0 radical (unpaired) electrons. The van der Waals surface area contributed by atoms with Crippen LogP contribution >= 0.6 is 0 Å². The van der Waals surface area contributed by atoms with Gasteiger partial charge in [-0.15, -0.1) is 12.0 Å². The fraction of sp³-hybridized carbons (Fsp3) is 0.360. The Hall–Kier alpha value is -2.30. The van der Waals surface area contributed by atoms with Crippen molar-refractivity contribution >= 4 is 8.07 Å². The van der Waals surface area contributed by atoms with Crippen molar-refractivity contribution in [2.75, 3.05) is 0 Å². The molecule has 0 saturated carbocycles. The van der Waals surface area contributed by atoms with Crippen LogP contribution < -0.4 is 0 Å². The van der Waals surface area contributed by atoms with Gasteiger partial charge in [-0.1, -0.05) is 92.1 Å². The molecule has 3 heteroatoms. The maximum absolute atomic E-state index is 9.72. The minimum absolute atomic E-state index is 0.480. The van der Waals surface area contributed by atoms with Crippen LogP contribution in [0.2, 0.25) is 19.6 Å². The van der Waals surface area contributed by atoms with Gasteiger partial charge in [-0.2, -0.15) is 0 Å². The van der Waals surface area contributed by atoms with Crippen LogP contribution in [0, 0.1) is 23.8 Å². The van der Waals surface area contributed by atoms with Crippen LogP contribution in [-0.4, -0.2) is 30.5 Å². The second kappa shape index (κ2) is 13.0. The molecule has 0 saturated heterocycles. The molecule has 0 spiro atoms. The summed E-state index contributed by atoms with van der Waals surface area (Å²) in [5.41, 5.74) is 5.67. The largest absolute Gasteiger partial charge is 0.380 e. The molecule has 0 aromatic heterocycles. The van der Waals surface area contributed by atoms with Gasteiger partial charge in [0, 0.05) is 0 Å². The Morgan fingerprint density at radius 3 is 1.61 bits per heavy atom. The summed E-state index contributed by atoms with van der Waals surface area (Å²) in [5.74, 6) is 5.25. The van der Waals surface area contributed by atoms with Crippen molar-refractivity contribution in [3.8, 4) is 23.8 Å². The third kappa shape index (κ3) is 12.2. The van der Waals surface area contributed by atoms with E-state index in [0.717, 1.165) is 19.3 Å². The quantitative estimate of drug-likeness (QED) is 0.562. The normalized spacial score (nSPS) is 12.4. The Kier molecular flexibility index (Phi) is 11.0. The van der Waals surface area contributed by atoms with Crippen molar-refractivity contribution in [3.05, 3.63) is 71.8 Å². The predicted molar refractivity (Wildman–Crippen MR) is 121 cm³/mol. The molecule has 0 aliphatic carbocycles. The predicted octanol–water partition coefficient (Wildman–Crippen LogP) is 4.47. The van der Waals surface area contributed by atoms with Gasteiger partial charge < -0.3 is 10.2 Å². The zero-order chi connectivity index (χ0) is 20.8. The topological polar surface area (TPSA) is 40.5 Å². The van der Waals surface area contributed by atoms with Crippen LogP contribution in [0.4, 0.5) is 0 Å². The summed E-state index contributed by atoms with van der Waals surface area (Å²) in [6, 6.07) is 20.2. The summed E-state index contributed by atoms with van der Waals surface area (Å²) in [7, 11) is -1.35. The highest BCUT2D eigenvalue weighted by Crippen LogP contribution is 2.05. The molecule has 28 heavy (non-hydrogen) atoms. The average Bonchev–Trinajstić information content (AvgIpc) is 2.70. The summed E-state index contributed by atoms with van der Waals surface area (Å²) in [6.45, 7) is 6.55. The van der Waals surface area contributed by atoms with Gasteiger partial charge >= 0.3 is 0 Å². The van der Waals surface area contributed by atoms with Crippen molar-refractivity contribution in [1.29, 1.82) is 0 Å². The lowest BCUT2D eigenvalue weighted by Crippen LogP contribution is -2.18. The summed E-state index contributed by atoms with van der Waals surface area (Å²) in [6.07, 6.45) is 7.04. The van der Waals surface area contributed by atoms with E-state index in [1.807, 2.05) is 48.5 Å². The zero-order valence-electron chi connectivity index (χ0n) is 17.2. The molecule has 2 atom stereocenters. The molecule has 2 rings (SSSR count).